The van der Waals surface area contributed by atoms with Crippen LogP contribution in [0.25, 0.3) is 0 Å². The zero-order valence-electron chi connectivity index (χ0n) is 38.5. The van der Waals surface area contributed by atoms with E-state index in [4.69, 9.17) is 19.6 Å². The molecule has 12 nitrogen and oxygen atoms in total. The Bertz CT molecular complexity index is 1110. The Kier molecular flexibility index (Phi) is 34.7. The Labute approximate surface area is 363 Å². The Hall–Kier alpha value is -2.40. The van der Waals surface area contributed by atoms with Crippen molar-refractivity contribution in [2.75, 3.05) is 59.0 Å². The second kappa shape index (κ2) is 36.1. The van der Waals surface area contributed by atoms with Crippen molar-refractivity contribution >= 4 is 26.4 Å². The number of amides is 3. The van der Waals surface area contributed by atoms with Gasteiger partial charge in [-0.2, -0.15) is 13.2 Å². The summed E-state index contributed by atoms with van der Waals surface area (Å²) in [5.41, 5.74) is 5.50. The van der Waals surface area contributed by atoms with Crippen molar-refractivity contribution < 1.29 is 41.5 Å². The van der Waals surface area contributed by atoms with Gasteiger partial charge in [-0.3, -0.25) is 4.79 Å². The molecule has 0 aliphatic heterocycles. The molecule has 0 spiro atoms. The summed E-state index contributed by atoms with van der Waals surface area (Å²) in [6.45, 7) is 17.9. The van der Waals surface area contributed by atoms with Gasteiger partial charge in [-0.05, 0) is 108 Å². The van der Waals surface area contributed by atoms with E-state index in [9.17, 15) is 27.6 Å². The van der Waals surface area contributed by atoms with E-state index in [1.165, 1.54) is 51.0 Å². The quantitative estimate of drug-likeness (QED) is 0.0201. The van der Waals surface area contributed by atoms with Crippen LogP contribution >= 0.6 is 0 Å². The van der Waals surface area contributed by atoms with Crippen molar-refractivity contribution in [3.05, 3.63) is 12.2 Å². The summed E-state index contributed by atoms with van der Waals surface area (Å²) in [5, 5.41) is 14.0. The largest absolute Gasteiger partial charge is 0.471 e. The van der Waals surface area contributed by atoms with Crippen LogP contribution in [-0.2, 0) is 18.7 Å². The lowest BCUT2D eigenvalue weighted by Gasteiger charge is -2.36. The van der Waals surface area contributed by atoms with Gasteiger partial charge in [-0.15, -0.1) is 0 Å². The normalized spacial score (nSPS) is 13.3. The van der Waals surface area contributed by atoms with E-state index in [1.54, 1.807) is 6.08 Å². The molecule has 60 heavy (non-hydrogen) atoms. The molecule has 7 N–H and O–H groups in total. The Morgan fingerprint density at radius 1 is 0.667 bits per heavy atom. The van der Waals surface area contributed by atoms with Crippen LogP contribution in [0.1, 0.15) is 156 Å². The number of alkyl halides is 3. The van der Waals surface area contributed by atoms with E-state index in [1.807, 2.05) is 5.32 Å². The number of ether oxygens (including phenoxy) is 2. The van der Waals surface area contributed by atoms with E-state index in [0.29, 0.717) is 45.5 Å². The maximum absolute atomic E-state index is 13.4. The first-order valence-corrected chi connectivity index (χ1v) is 26.1. The fourth-order valence-electron chi connectivity index (χ4n) is 5.96. The highest BCUT2D eigenvalue weighted by Crippen LogP contribution is 2.36. The molecule has 0 rings (SSSR count). The van der Waals surface area contributed by atoms with Crippen molar-refractivity contribution in [3.63, 3.8) is 0 Å². The summed E-state index contributed by atoms with van der Waals surface area (Å²) in [7, 11) is -1.80. The maximum atomic E-state index is 13.4. The number of alkyl carbamates (subject to hydrolysis) is 2. The number of nitrogens with two attached hydrogens (primary N) is 1. The van der Waals surface area contributed by atoms with E-state index in [-0.39, 0.29) is 11.6 Å². The summed E-state index contributed by atoms with van der Waals surface area (Å²) in [6.07, 6.45) is 15.5. The Balaban J connectivity index is 5.18. The molecule has 0 aliphatic carbocycles. The topological polar surface area (TPSA) is 165 Å². The average molecular weight is 881 g/mol. The molecule has 0 aromatic rings. The summed E-state index contributed by atoms with van der Waals surface area (Å²) in [6, 6.07) is -1.49. The first-order valence-electron chi connectivity index (χ1n) is 23.2. The van der Waals surface area contributed by atoms with Crippen LogP contribution < -0.4 is 32.3 Å². The molecule has 0 bridgehead atoms. The predicted octanol–water partition coefficient (Wildman–Crippen LogP) is 9.39. The van der Waals surface area contributed by atoms with Gasteiger partial charge in [0, 0.05) is 19.7 Å². The van der Waals surface area contributed by atoms with Crippen molar-refractivity contribution in [1.82, 2.24) is 26.6 Å². The summed E-state index contributed by atoms with van der Waals surface area (Å²) < 4.78 is 57.4. The Morgan fingerprint density at radius 3 is 1.75 bits per heavy atom. The minimum absolute atomic E-state index is 0.146. The molecule has 0 radical (unpaired) electrons. The first kappa shape index (κ1) is 57.6. The number of rotatable bonds is 38. The molecular weight excluding hydrogens is 794 g/mol. The van der Waals surface area contributed by atoms with Crippen molar-refractivity contribution in [2.45, 2.75) is 193 Å². The molecule has 354 valence electrons. The maximum Gasteiger partial charge on any atom is 0.471 e. The molecular formula is C44H87F3N6O6Si. The molecule has 3 amide bonds. The monoisotopic (exact) mass is 881 g/mol. The van der Waals surface area contributed by atoms with Crippen LogP contribution in [0.4, 0.5) is 22.8 Å². The lowest BCUT2D eigenvalue weighted by Crippen LogP contribution is -2.52. The highest BCUT2D eigenvalue weighted by atomic mass is 28.4. The van der Waals surface area contributed by atoms with E-state index < -0.39 is 51.3 Å². The van der Waals surface area contributed by atoms with Gasteiger partial charge in [0.05, 0.1) is 0 Å². The minimum Gasteiger partial charge on any atom is -0.447 e. The predicted molar refractivity (Wildman–Crippen MR) is 241 cm³/mol. The third-order valence-electron chi connectivity index (χ3n) is 10.8. The molecule has 0 aromatic carbocycles. The Morgan fingerprint density at radius 2 is 1.17 bits per heavy atom. The number of allylic oxidation sites excluding steroid dienone is 1. The summed E-state index contributed by atoms with van der Waals surface area (Å²) in [4.78, 5) is 37.6. The molecule has 0 unspecified atom stereocenters. The highest BCUT2D eigenvalue weighted by molar-refractivity contribution is 6.74. The number of halogens is 3. The van der Waals surface area contributed by atoms with Gasteiger partial charge < -0.3 is 46.2 Å². The van der Waals surface area contributed by atoms with Gasteiger partial charge in [-0.1, -0.05) is 111 Å². The smallest absolute Gasteiger partial charge is 0.447 e. The van der Waals surface area contributed by atoms with Crippen LogP contribution in [0.3, 0.4) is 0 Å². The lowest BCUT2D eigenvalue weighted by atomic mass is 10.0. The lowest BCUT2D eigenvalue weighted by molar-refractivity contribution is -0.175. The van der Waals surface area contributed by atoms with Gasteiger partial charge in [-0.25, -0.2) is 9.59 Å². The van der Waals surface area contributed by atoms with Crippen LogP contribution in [0.2, 0.25) is 18.1 Å². The third kappa shape index (κ3) is 33.3. The van der Waals surface area contributed by atoms with Crippen LogP contribution in [0.15, 0.2) is 12.2 Å². The molecule has 0 saturated carbocycles. The number of carbonyl (C=O) groups excluding carboxylic acids is 3. The minimum atomic E-state index is -5.20. The first-order chi connectivity index (χ1) is 28.5. The van der Waals surface area contributed by atoms with E-state index in [2.05, 4.69) is 62.1 Å². The van der Waals surface area contributed by atoms with Crippen molar-refractivity contribution in [2.24, 2.45) is 5.73 Å². The third-order valence-corrected chi connectivity index (χ3v) is 15.4. The molecule has 0 saturated heterocycles. The SMILES string of the molecule is CCCCCCCCCCCCC/C=C/[C@@H](OC(=O)NCCCNCCCCNCCCN)[C@H](COC(=O)NCCCCCCO[Si](C)(C)C(C)(C)C)NC(=O)C(F)(F)F. The van der Waals surface area contributed by atoms with E-state index in [0.717, 1.165) is 83.8 Å². The fourth-order valence-corrected chi connectivity index (χ4v) is 7.05. The number of carbonyl (C=O) groups is 3. The van der Waals surface area contributed by atoms with Crippen LogP contribution in [0, 0.1) is 0 Å². The molecule has 0 aliphatic rings. The van der Waals surface area contributed by atoms with Crippen molar-refractivity contribution in [1.29, 1.82) is 0 Å². The van der Waals surface area contributed by atoms with E-state index >= 15 is 0 Å². The summed E-state index contributed by atoms with van der Waals surface area (Å²) >= 11 is 0. The number of unbranched alkanes of at least 4 members (excludes halogenated alkanes) is 15. The van der Waals surface area contributed by atoms with Crippen molar-refractivity contribution in [3.8, 4) is 0 Å². The molecule has 0 heterocycles. The average Bonchev–Trinajstić information content (AvgIpc) is 3.18. The second-order valence-corrected chi connectivity index (χ2v) is 22.2. The number of hydrogen-bond acceptors (Lipinski definition) is 9. The second-order valence-electron chi connectivity index (χ2n) is 17.4. The zero-order valence-corrected chi connectivity index (χ0v) is 39.5. The van der Waals surface area contributed by atoms with Gasteiger partial charge in [0.1, 0.15) is 18.8 Å². The van der Waals surface area contributed by atoms with Crippen LogP contribution in [-0.4, -0.2) is 104 Å². The van der Waals surface area contributed by atoms with Gasteiger partial charge in [0.25, 0.3) is 0 Å². The summed E-state index contributed by atoms with van der Waals surface area (Å²) in [5.74, 6) is -2.22. The van der Waals surface area contributed by atoms with Gasteiger partial charge >= 0.3 is 24.3 Å². The zero-order chi connectivity index (χ0) is 45.0. The molecule has 0 fully saturated rings. The number of nitrogens with one attached hydrogen (secondary N) is 5. The standard InChI is InChI=1S/C44H87F3N6O6Si/c1-7-8-9-10-11-12-13-14-15-16-17-18-21-28-39(59-42(56)52-35-27-33-50-31-24-23-30-49-32-26-29-48)38(53-40(54)44(45,46)47)37-57-41(55)51-34-22-19-20-25-36-58-60(5,6)43(2,3)4/h21,28,38-39,49-50H,7-20,22-27,29-37,48H2,1-6H3,(H,51,55)(H,52,56)(H,53,54)/b28-21+/t38-,39+/m0/s1. The molecule has 16 heteroatoms. The van der Waals surface area contributed by atoms with Gasteiger partial charge in [0.2, 0.25) is 0 Å². The molecule has 0 aromatic heterocycles. The number of hydrogen-bond donors (Lipinski definition) is 6. The van der Waals surface area contributed by atoms with Crippen LogP contribution in [0.5, 0.6) is 0 Å². The fraction of sp³-hybridized carbons (Fsp3) is 0.886. The van der Waals surface area contributed by atoms with Gasteiger partial charge in [0.15, 0.2) is 8.32 Å². The highest BCUT2D eigenvalue weighted by Gasteiger charge is 2.41. The molecule has 2 atom stereocenters.